The molecule has 3 atom stereocenters. The Morgan fingerprint density at radius 1 is 1.22 bits per heavy atom. The molecule has 1 saturated carbocycles. The van der Waals surface area contributed by atoms with Gasteiger partial charge in [0.1, 0.15) is 11.6 Å². The van der Waals surface area contributed by atoms with Crippen molar-refractivity contribution in [1.82, 2.24) is 5.32 Å². The summed E-state index contributed by atoms with van der Waals surface area (Å²) in [6.45, 7) is 6.72. The molecule has 3 unspecified atom stereocenters. The molecule has 3 heteroatoms. The summed E-state index contributed by atoms with van der Waals surface area (Å²) in [5.74, 6) is 0.0242. The van der Waals surface area contributed by atoms with E-state index in [1.807, 2.05) is 0 Å². The summed E-state index contributed by atoms with van der Waals surface area (Å²) in [7, 11) is 0. The first kappa shape index (κ1) is 13.5. The van der Waals surface area contributed by atoms with Crippen LogP contribution in [0.15, 0.2) is 12.1 Å². The first-order valence-electron chi connectivity index (χ1n) is 6.77. The topological polar surface area (TPSA) is 12.0 Å². The zero-order valence-electron chi connectivity index (χ0n) is 11.3. The highest BCUT2D eigenvalue weighted by Gasteiger charge is 2.41. The van der Waals surface area contributed by atoms with Gasteiger partial charge in [-0.25, -0.2) is 8.78 Å². The van der Waals surface area contributed by atoms with Crippen LogP contribution in [0.1, 0.15) is 43.7 Å². The molecule has 1 aromatic rings. The van der Waals surface area contributed by atoms with Crippen molar-refractivity contribution in [2.75, 3.05) is 6.54 Å². The van der Waals surface area contributed by atoms with Crippen molar-refractivity contribution < 1.29 is 8.78 Å². The molecule has 1 aromatic carbocycles. The molecule has 100 valence electrons. The number of halogens is 2. The van der Waals surface area contributed by atoms with Crippen LogP contribution < -0.4 is 5.32 Å². The number of rotatable bonds is 4. The van der Waals surface area contributed by atoms with Crippen LogP contribution in [0, 0.1) is 24.5 Å². The molecule has 2 rings (SSSR count). The zero-order valence-corrected chi connectivity index (χ0v) is 11.3. The quantitative estimate of drug-likeness (QED) is 0.861. The molecule has 0 radical (unpaired) electrons. The van der Waals surface area contributed by atoms with Crippen LogP contribution in [0.4, 0.5) is 8.78 Å². The number of benzene rings is 1. The molecule has 1 N–H and O–H groups in total. The normalized spacial score (nSPS) is 27.1. The fourth-order valence-corrected chi connectivity index (χ4v) is 3.08. The average molecular weight is 253 g/mol. The summed E-state index contributed by atoms with van der Waals surface area (Å²) in [6, 6.07) is 3.16. The lowest BCUT2D eigenvalue weighted by molar-refractivity contribution is 0.159. The lowest BCUT2D eigenvalue weighted by Gasteiger charge is -2.45. The maximum absolute atomic E-state index is 13.9. The van der Waals surface area contributed by atoms with Gasteiger partial charge >= 0.3 is 0 Å². The number of hydrogen-bond donors (Lipinski definition) is 1. The van der Waals surface area contributed by atoms with Gasteiger partial charge in [0.25, 0.3) is 0 Å². The Balaban J connectivity index is 2.20. The third-order valence-electron chi connectivity index (χ3n) is 4.16. The summed E-state index contributed by atoms with van der Waals surface area (Å²) in [5.41, 5.74) is 0.936. The molecule has 0 saturated heterocycles. The predicted octanol–water partition coefficient (Wildman–Crippen LogP) is 3.76. The summed E-state index contributed by atoms with van der Waals surface area (Å²) >= 11 is 0. The smallest absolute Gasteiger partial charge is 0.127 e. The molecule has 1 aliphatic carbocycles. The molecule has 0 heterocycles. The third kappa shape index (κ3) is 2.28. The van der Waals surface area contributed by atoms with Crippen LogP contribution in [0.5, 0.6) is 0 Å². The Morgan fingerprint density at radius 3 is 2.56 bits per heavy atom. The van der Waals surface area contributed by atoms with E-state index >= 15 is 0 Å². The number of nitrogens with one attached hydrogen (secondary N) is 1. The highest BCUT2D eigenvalue weighted by Crippen LogP contribution is 2.45. The van der Waals surface area contributed by atoms with Crippen molar-refractivity contribution in [3.05, 3.63) is 34.9 Å². The van der Waals surface area contributed by atoms with Crippen LogP contribution in [0.25, 0.3) is 0 Å². The van der Waals surface area contributed by atoms with Gasteiger partial charge in [-0.2, -0.15) is 0 Å². The van der Waals surface area contributed by atoms with Gasteiger partial charge in [-0.05, 0) is 55.0 Å². The fraction of sp³-hybridized carbons (Fsp3) is 0.600. The second-order valence-corrected chi connectivity index (χ2v) is 5.20. The second-order valence-electron chi connectivity index (χ2n) is 5.20. The standard InChI is InChI=1S/C15H21F2N/c1-4-10-11(8-15(10)18-5-2)12-7-13(16)9(3)6-14(12)17/h6-7,10-11,15,18H,4-5,8H2,1-3H3. The Labute approximate surface area is 108 Å². The van der Waals surface area contributed by atoms with Crippen molar-refractivity contribution >= 4 is 0 Å². The molecule has 1 nitrogen and oxygen atoms in total. The molecular weight excluding hydrogens is 232 g/mol. The maximum Gasteiger partial charge on any atom is 0.127 e. The van der Waals surface area contributed by atoms with Crippen molar-refractivity contribution in [2.45, 2.75) is 45.6 Å². The lowest BCUT2D eigenvalue weighted by atomic mass is 9.64. The molecular formula is C15H21F2N. The number of aryl methyl sites for hydroxylation is 1. The Bertz CT molecular complexity index is 431. The predicted molar refractivity (Wildman–Crippen MR) is 69.7 cm³/mol. The van der Waals surface area contributed by atoms with Crippen LogP contribution >= 0.6 is 0 Å². The van der Waals surface area contributed by atoms with E-state index < -0.39 is 0 Å². The Hall–Kier alpha value is -0.960. The van der Waals surface area contributed by atoms with Gasteiger partial charge in [-0.3, -0.25) is 0 Å². The minimum Gasteiger partial charge on any atom is -0.314 e. The fourth-order valence-electron chi connectivity index (χ4n) is 3.08. The molecule has 0 amide bonds. The van der Waals surface area contributed by atoms with Gasteiger partial charge in [-0.15, -0.1) is 0 Å². The summed E-state index contributed by atoms with van der Waals surface area (Å²) in [4.78, 5) is 0. The largest absolute Gasteiger partial charge is 0.314 e. The monoisotopic (exact) mass is 253 g/mol. The Morgan fingerprint density at radius 2 is 1.94 bits per heavy atom. The van der Waals surface area contributed by atoms with Crippen LogP contribution in [-0.2, 0) is 0 Å². The highest BCUT2D eigenvalue weighted by atomic mass is 19.1. The van der Waals surface area contributed by atoms with Crippen LogP contribution in [0.2, 0.25) is 0 Å². The minimum atomic E-state index is -0.298. The second kappa shape index (κ2) is 5.35. The van der Waals surface area contributed by atoms with Crippen molar-refractivity contribution in [3.63, 3.8) is 0 Å². The van der Waals surface area contributed by atoms with E-state index in [0.29, 0.717) is 23.1 Å². The van der Waals surface area contributed by atoms with E-state index in [2.05, 4.69) is 19.2 Å². The van der Waals surface area contributed by atoms with Crippen molar-refractivity contribution in [2.24, 2.45) is 5.92 Å². The van der Waals surface area contributed by atoms with Crippen molar-refractivity contribution in [3.8, 4) is 0 Å². The lowest BCUT2D eigenvalue weighted by Crippen LogP contribution is -2.49. The van der Waals surface area contributed by atoms with Gasteiger partial charge in [-0.1, -0.05) is 20.3 Å². The first-order chi connectivity index (χ1) is 8.58. The van der Waals surface area contributed by atoms with E-state index in [1.165, 1.54) is 12.1 Å². The molecule has 0 bridgehead atoms. The summed E-state index contributed by atoms with van der Waals surface area (Å²) < 4.78 is 27.5. The molecule has 18 heavy (non-hydrogen) atoms. The van der Waals surface area contributed by atoms with Gasteiger partial charge in [0.05, 0.1) is 0 Å². The highest BCUT2D eigenvalue weighted by molar-refractivity contribution is 5.31. The van der Waals surface area contributed by atoms with Gasteiger partial charge in [0.2, 0.25) is 0 Å². The maximum atomic E-state index is 13.9. The molecule has 0 spiro atoms. The summed E-state index contributed by atoms with van der Waals surface area (Å²) in [6.07, 6.45) is 1.91. The first-order valence-corrected chi connectivity index (χ1v) is 6.77. The minimum absolute atomic E-state index is 0.161. The number of hydrogen-bond acceptors (Lipinski definition) is 1. The van der Waals surface area contributed by atoms with Gasteiger partial charge in [0.15, 0.2) is 0 Å². The molecule has 0 aliphatic heterocycles. The Kier molecular flexibility index (Phi) is 4.00. The molecule has 1 fully saturated rings. The van der Waals surface area contributed by atoms with E-state index in [1.54, 1.807) is 6.92 Å². The SMILES string of the molecule is CCNC1CC(c2cc(F)c(C)cc2F)C1CC. The van der Waals surface area contributed by atoms with Crippen LogP contribution in [-0.4, -0.2) is 12.6 Å². The van der Waals surface area contributed by atoms with E-state index in [9.17, 15) is 8.78 Å². The molecule has 0 aromatic heterocycles. The van der Waals surface area contributed by atoms with Gasteiger partial charge in [0, 0.05) is 6.04 Å². The zero-order chi connectivity index (χ0) is 13.3. The van der Waals surface area contributed by atoms with Crippen molar-refractivity contribution in [1.29, 1.82) is 0 Å². The molecule has 1 aliphatic rings. The van der Waals surface area contributed by atoms with Gasteiger partial charge < -0.3 is 5.32 Å². The third-order valence-corrected chi connectivity index (χ3v) is 4.16. The average Bonchev–Trinajstić information content (AvgIpc) is 2.30. The summed E-state index contributed by atoms with van der Waals surface area (Å²) in [5, 5.41) is 3.41. The van der Waals surface area contributed by atoms with E-state index in [4.69, 9.17) is 0 Å². The van der Waals surface area contributed by atoms with E-state index in [-0.39, 0.29) is 17.6 Å². The van der Waals surface area contributed by atoms with Crippen LogP contribution in [0.3, 0.4) is 0 Å². The van der Waals surface area contributed by atoms with E-state index in [0.717, 1.165) is 19.4 Å².